The number of alkyl halides is 3. The van der Waals surface area contributed by atoms with Gasteiger partial charge in [0.2, 0.25) is 5.91 Å². The fraction of sp³-hybridized carbons (Fsp3) is 0.143. The maximum atomic E-state index is 13.9. The topological polar surface area (TPSA) is 75.2 Å². The van der Waals surface area contributed by atoms with E-state index in [2.05, 4.69) is 15.3 Å². The summed E-state index contributed by atoms with van der Waals surface area (Å²) in [5.41, 5.74) is -0.715. The van der Waals surface area contributed by atoms with Crippen LogP contribution in [0.5, 0.6) is 0 Å². The first-order chi connectivity index (χ1) is 18.0. The monoisotopic (exact) mass is 520 g/mol. The van der Waals surface area contributed by atoms with Gasteiger partial charge in [-0.3, -0.25) is 19.5 Å². The predicted molar refractivity (Wildman–Crippen MR) is 133 cm³/mol. The number of hydrogen-bond donors (Lipinski definition) is 1. The predicted octanol–water partition coefficient (Wildman–Crippen LogP) is 6.51. The van der Waals surface area contributed by atoms with E-state index in [1.165, 1.54) is 41.7 Å². The number of anilines is 3. The highest BCUT2D eigenvalue weighted by molar-refractivity contribution is 6.14. The maximum Gasteiger partial charge on any atom is 0.417 e. The van der Waals surface area contributed by atoms with Gasteiger partial charge in [-0.2, -0.15) is 13.2 Å². The number of benzene rings is 3. The minimum atomic E-state index is -4.80. The Balaban J connectivity index is 1.64. The van der Waals surface area contributed by atoms with Gasteiger partial charge in [0.15, 0.2) is 5.82 Å². The van der Waals surface area contributed by atoms with Crippen molar-refractivity contribution < 1.29 is 27.2 Å². The van der Waals surface area contributed by atoms with E-state index in [1.54, 1.807) is 32.0 Å². The summed E-state index contributed by atoms with van der Waals surface area (Å²) in [5.74, 6) is -1.52. The molecule has 1 aromatic heterocycles. The molecule has 0 radical (unpaired) electrons. The molecule has 1 N–H and O–H groups in total. The summed E-state index contributed by atoms with van der Waals surface area (Å²) in [6, 6.07) is 13.1. The molecule has 0 spiro atoms. The highest BCUT2D eigenvalue weighted by Crippen LogP contribution is 2.49. The van der Waals surface area contributed by atoms with Crippen LogP contribution in [-0.4, -0.2) is 21.8 Å². The van der Waals surface area contributed by atoms with Gasteiger partial charge in [-0.05, 0) is 73.0 Å². The van der Waals surface area contributed by atoms with Gasteiger partial charge in [-0.1, -0.05) is 18.2 Å². The normalized spacial score (nSPS) is 14.4. The highest BCUT2D eigenvalue weighted by Gasteiger charge is 2.47. The summed E-state index contributed by atoms with van der Waals surface area (Å²) >= 11 is 0. The minimum absolute atomic E-state index is 0.141. The number of nitrogens with zero attached hydrogens (tertiary/aromatic N) is 3. The smallest absolute Gasteiger partial charge is 0.322 e. The molecule has 0 saturated carbocycles. The van der Waals surface area contributed by atoms with Gasteiger partial charge in [-0.15, -0.1) is 0 Å². The van der Waals surface area contributed by atoms with Gasteiger partial charge in [0.25, 0.3) is 5.91 Å². The van der Waals surface area contributed by atoms with Crippen molar-refractivity contribution in [3.63, 3.8) is 0 Å². The lowest BCUT2D eigenvalue weighted by Gasteiger charge is -2.21. The largest absolute Gasteiger partial charge is 0.417 e. The number of aromatic nitrogens is 2. The lowest BCUT2D eigenvalue weighted by molar-refractivity contribution is -0.137. The van der Waals surface area contributed by atoms with Crippen LogP contribution in [0.3, 0.4) is 0 Å². The third-order valence-corrected chi connectivity index (χ3v) is 6.41. The summed E-state index contributed by atoms with van der Waals surface area (Å²) in [5, 5.41) is 2.40. The Bertz CT molecular complexity index is 1550. The molecule has 2 amide bonds. The molecule has 38 heavy (non-hydrogen) atoms. The quantitative estimate of drug-likeness (QED) is 0.311. The van der Waals surface area contributed by atoms with Crippen LogP contribution in [0, 0.1) is 5.82 Å². The molecule has 1 aliphatic heterocycles. The number of amides is 2. The Morgan fingerprint density at radius 3 is 2.39 bits per heavy atom. The molecule has 2 heterocycles. The molecule has 0 fully saturated rings. The molecule has 3 aromatic carbocycles. The van der Waals surface area contributed by atoms with E-state index in [0.717, 1.165) is 24.3 Å². The minimum Gasteiger partial charge on any atom is -0.322 e. The van der Waals surface area contributed by atoms with Gasteiger partial charge >= 0.3 is 6.18 Å². The Hall–Kier alpha value is -4.60. The molecule has 0 saturated heterocycles. The van der Waals surface area contributed by atoms with Gasteiger partial charge in [0, 0.05) is 18.1 Å². The fourth-order valence-electron chi connectivity index (χ4n) is 4.63. The Labute approximate surface area is 215 Å². The van der Waals surface area contributed by atoms with Gasteiger partial charge in [0.1, 0.15) is 5.82 Å². The third-order valence-electron chi connectivity index (χ3n) is 6.41. The molecule has 0 bridgehead atoms. The second kappa shape index (κ2) is 9.05. The summed E-state index contributed by atoms with van der Waals surface area (Å²) < 4.78 is 54.9. The van der Waals surface area contributed by atoms with Crippen LogP contribution in [0.4, 0.5) is 34.8 Å². The van der Waals surface area contributed by atoms with E-state index in [1.807, 2.05) is 0 Å². The average Bonchev–Trinajstić information content (AvgIpc) is 3.10. The molecule has 0 atom stereocenters. The van der Waals surface area contributed by atoms with Gasteiger partial charge in [0.05, 0.1) is 28.4 Å². The zero-order chi connectivity index (χ0) is 27.2. The van der Waals surface area contributed by atoms with Crippen LogP contribution in [0.15, 0.2) is 79.3 Å². The van der Waals surface area contributed by atoms with E-state index >= 15 is 0 Å². The van der Waals surface area contributed by atoms with Gasteiger partial charge in [-0.25, -0.2) is 9.37 Å². The van der Waals surface area contributed by atoms with E-state index in [9.17, 15) is 27.2 Å². The first kappa shape index (κ1) is 25.1. The molecular weight excluding hydrogens is 500 g/mol. The molecule has 10 heteroatoms. The molecule has 1 aliphatic rings. The van der Waals surface area contributed by atoms with Crippen molar-refractivity contribution >= 4 is 29.0 Å². The van der Waals surface area contributed by atoms with Crippen molar-refractivity contribution in [3.8, 4) is 11.1 Å². The SMILES string of the molecule is CC1(C)C(=O)N(c2cnccn2)c2cccc(-c3ccc(C(F)(F)F)c(C(=O)Nc4ccc(F)cc4)c3)c21. The van der Waals surface area contributed by atoms with E-state index in [4.69, 9.17) is 0 Å². The third kappa shape index (κ3) is 4.27. The van der Waals surface area contributed by atoms with Crippen molar-refractivity contribution in [3.05, 3.63) is 102 Å². The summed E-state index contributed by atoms with van der Waals surface area (Å²) in [7, 11) is 0. The number of halogens is 4. The standard InChI is InChI=1S/C28H20F4N4O2/c1-27(2)24-19(4-3-5-22(24)36(26(27)38)23-15-33-12-13-34-23)16-6-11-21(28(30,31)32)20(14-16)25(37)35-18-9-7-17(29)8-10-18/h3-15H,1-2H3,(H,35,37). The summed E-state index contributed by atoms with van der Waals surface area (Å²) in [6.45, 7) is 3.44. The molecule has 192 valence electrons. The summed E-state index contributed by atoms with van der Waals surface area (Å²) in [6.07, 6.45) is -0.414. The second-order valence-corrected chi connectivity index (χ2v) is 9.25. The fourth-order valence-corrected chi connectivity index (χ4v) is 4.63. The van der Waals surface area contributed by atoms with Crippen molar-refractivity contribution in [2.75, 3.05) is 10.2 Å². The first-order valence-corrected chi connectivity index (χ1v) is 11.5. The lowest BCUT2D eigenvalue weighted by atomic mass is 9.81. The number of nitrogens with one attached hydrogen (secondary N) is 1. The average molecular weight is 520 g/mol. The first-order valence-electron chi connectivity index (χ1n) is 11.5. The van der Waals surface area contributed by atoms with Gasteiger partial charge < -0.3 is 5.32 Å². The zero-order valence-corrected chi connectivity index (χ0v) is 20.2. The number of hydrogen-bond acceptors (Lipinski definition) is 4. The van der Waals surface area contributed by atoms with E-state index in [-0.39, 0.29) is 11.6 Å². The van der Waals surface area contributed by atoms with Crippen molar-refractivity contribution in [2.45, 2.75) is 25.4 Å². The molecule has 0 aliphatic carbocycles. The molecule has 5 rings (SSSR count). The molecule has 4 aromatic rings. The molecule has 6 nitrogen and oxygen atoms in total. The number of fused-ring (bicyclic) bond motifs is 1. The highest BCUT2D eigenvalue weighted by atomic mass is 19.4. The van der Waals surface area contributed by atoms with Crippen LogP contribution in [-0.2, 0) is 16.4 Å². The maximum absolute atomic E-state index is 13.9. The number of rotatable bonds is 4. The van der Waals surface area contributed by atoms with Crippen LogP contribution >= 0.6 is 0 Å². The molecule has 0 unspecified atom stereocenters. The van der Waals surface area contributed by atoms with Crippen LogP contribution in [0.2, 0.25) is 0 Å². The van der Waals surface area contributed by atoms with E-state index in [0.29, 0.717) is 28.2 Å². The number of carbonyl (C=O) groups excluding carboxylic acids is 2. The zero-order valence-electron chi connectivity index (χ0n) is 20.2. The van der Waals surface area contributed by atoms with Crippen LogP contribution in [0.1, 0.15) is 35.3 Å². The number of carbonyl (C=O) groups is 2. The molecular formula is C28H20F4N4O2. The Morgan fingerprint density at radius 2 is 1.74 bits per heavy atom. The Morgan fingerprint density at radius 1 is 1.00 bits per heavy atom. The summed E-state index contributed by atoms with van der Waals surface area (Å²) in [4.78, 5) is 36.2. The lowest BCUT2D eigenvalue weighted by Crippen LogP contribution is -2.33. The second-order valence-electron chi connectivity index (χ2n) is 9.25. The Kier molecular flexibility index (Phi) is 5.97. The van der Waals surface area contributed by atoms with Crippen LogP contribution < -0.4 is 10.2 Å². The van der Waals surface area contributed by atoms with Crippen molar-refractivity contribution in [1.29, 1.82) is 0 Å². The van der Waals surface area contributed by atoms with Crippen LogP contribution in [0.25, 0.3) is 11.1 Å². The van der Waals surface area contributed by atoms with Crippen molar-refractivity contribution in [2.24, 2.45) is 0 Å². The van der Waals surface area contributed by atoms with Crippen molar-refractivity contribution in [1.82, 2.24) is 9.97 Å². The van der Waals surface area contributed by atoms with E-state index < -0.39 is 34.4 Å².